The first kappa shape index (κ1) is 24.7. The Kier molecular flexibility index (Phi) is 6.28. The molecule has 180 valence electrons. The number of likely N-dealkylation sites (tertiary alicyclic amines) is 1. The number of aliphatic hydroxyl groups excluding tert-OH is 1. The van der Waals surface area contributed by atoms with Gasteiger partial charge in [-0.25, -0.2) is 0 Å². The Morgan fingerprint density at radius 2 is 1.97 bits per heavy atom. The van der Waals surface area contributed by atoms with Gasteiger partial charge >= 0.3 is 5.97 Å². The molecule has 3 heterocycles. The van der Waals surface area contributed by atoms with Crippen molar-refractivity contribution in [3.8, 4) is 0 Å². The van der Waals surface area contributed by atoms with Crippen molar-refractivity contribution in [1.29, 1.82) is 0 Å². The molecule has 0 aromatic carbocycles. The Balaban J connectivity index is 2.09. The average molecular weight is 451 g/mol. The predicted octanol–water partition coefficient (Wildman–Crippen LogP) is 2.06. The number of nitrogens with zero attached hydrogens (tertiary/aromatic N) is 2. The van der Waals surface area contributed by atoms with Gasteiger partial charge in [0.1, 0.15) is 11.6 Å². The lowest BCUT2D eigenvalue weighted by Gasteiger charge is -2.46. The molecule has 3 saturated heterocycles. The molecule has 2 bridgehead atoms. The normalized spacial score (nSPS) is 32.7. The molecule has 2 amide bonds. The molecule has 6 atom stereocenters. The van der Waals surface area contributed by atoms with E-state index >= 15 is 0 Å². The molecule has 8 nitrogen and oxygen atoms in total. The number of ether oxygens (including phenoxy) is 1. The second kappa shape index (κ2) is 8.13. The lowest BCUT2D eigenvalue weighted by Crippen LogP contribution is -2.62. The topological polar surface area (TPSA) is 107 Å². The maximum absolute atomic E-state index is 14.2. The van der Waals surface area contributed by atoms with Crippen molar-refractivity contribution in [3.05, 3.63) is 12.7 Å². The second-order valence-corrected chi connectivity index (χ2v) is 11.5. The number of fused-ring (bicyclic) bond motifs is 1. The van der Waals surface area contributed by atoms with Gasteiger partial charge in [0.2, 0.25) is 11.8 Å². The van der Waals surface area contributed by atoms with Gasteiger partial charge < -0.3 is 24.7 Å². The molecule has 3 fully saturated rings. The van der Waals surface area contributed by atoms with Gasteiger partial charge in [0.25, 0.3) is 0 Å². The Morgan fingerprint density at radius 1 is 1.34 bits per heavy atom. The predicted molar refractivity (Wildman–Crippen MR) is 119 cm³/mol. The fourth-order valence-corrected chi connectivity index (χ4v) is 6.52. The highest BCUT2D eigenvalue weighted by Crippen LogP contribution is 2.59. The van der Waals surface area contributed by atoms with Gasteiger partial charge in [-0.15, -0.1) is 6.58 Å². The summed E-state index contributed by atoms with van der Waals surface area (Å²) in [4.78, 5) is 42.9. The molecule has 3 rings (SSSR count). The van der Waals surface area contributed by atoms with Gasteiger partial charge in [0.05, 0.1) is 30.6 Å². The number of carboxylic acids is 1. The Hall–Kier alpha value is -1.93. The maximum Gasteiger partial charge on any atom is 0.310 e. The van der Waals surface area contributed by atoms with Crippen molar-refractivity contribution in [2.45, 2.75) is 90.1 Å². The number of carbonyl (C=O) groups excluding carboxylic acids is 2. The van der Waals surface area contributed by atoms with E-state index in [0.717, 1.165) is 0 Å². The van der Waals surface area contributed by atoms with Crippen molar-refractivity contribution in [3.63, 3.8) is 0 Å². The van der Waals surface area contributed by atoms with E-state index in [4.69, 9.17) is 4.74 Å². The summed E-state index contributed by atoms with van der Waals surface area (Å²) in [5.74, 6) is -3.65. The van der Waals surface area contributed by atoms with E-state index in [0.29, 0.717) is 25.8 Å². The number of hydrogen-bond donors (Lipinski definition) is 2. The number of amides is 2. The van der Waals surface area contributed by atoms with E-state index in [-0.39, 0.29) is 17.9 Å². The summed E-state index contributed by atoms with van der Waals surface area (Å²) in [7, 11) is 0. The number of carbonyl (C=O) groups is 3. The van der Waals surface area contributed by atoms with Gasteiger partial charge in [-0.3, -0.25) is 14.4 Å². The molecule has 32 heavy (non-hydrogen) atoms. The van der Waals surface area contributed by atoms with E-state index in [1.165, 1.54) is 4.90 Å². The van der Waals surface area contributed by atoms with Crippen LogP contribution in [0.2, 0.25) is 0 Å². The minimum absolute atomic E-state index is 0.0513. The molecule has 0 saturated carbocycles. The summed E-state index contributed by atoms with van der Waals surface area (Å²) < 4.78 is 6.23. The summed E-state index contributed by atoms with van der Waals surface area (Å²) in [5.41, 5.74) is -1.77. The van der Waals surface area contributed by atoms with Crippen molar-refractivity contribution in [1.82, 2.24) is 9.80 Å². The van der Waals surface area contributed by atoms with Crippen LogP contribution in [-0.4, -0.2) is 80.3 Å². The number of aliphatic carboxylic acids is 1. The molecule has 0 aliphatic carbocycles. The Bertz CT molecular complexity index is 803. The number of hydrogen-bond acceptors (Lipinski definition) is 5. The smallest absolute Gasteiger partial charge is 0.310 e. The van der Waals surface area contributed by atoms with Crippen LogP contribution in [0, 0.1) is 17.3 Å². The average Bonchev–Trinajstić information content (AvgIpc) is 3.30. The third-order valence-corrected chi connectivity index (χ3v) is 7.27. The summed E-state index contributed by atoms with van der Waals surface area (Å²) in [6, 6.07) is -1.61. The first-order chi connectivity index (χ1) is 14.7. The summed E-state index contributed by atoms with van der Waals surface area (Å²) in [6.45, 7) is 15.8. The molecule has 8 heteroatoms. The van der Waals surface area contributed by atoms with Crippen molar-refractivity contribution >= 4 is 17.8 Å². The SMILES string of the molecule is C=CCN(C(=O)C1N([C@H](C)CO)C(=O)[C@@H]2[C@@H](C(=O)O)[C@H]3CCC12O3)C(C)(C)CC(C)(C)C. The van der Waals surface area contributed by atoms with Gasteiger partial charge in [-0.05, 0) is 45.4 Å². The van der Waals surface area contributed by atoms with Crippen molar-refractivity contribution < 1.29 is 29.3 Å². The van der Waals surface area contributed by atoms with Crippen LogP contribution in [0.5, 0.6) is 0 Å². The largest absolute Gasteiger partial charge is 0.481 e. The van der Waals surface area contributed by atoms with Crippen LogP contribution in [0.15, 0.2) is 12.7 Å². The molecule has 3 aliphatic heterocycles. The molecule has 2 N–H and O–H groups in total. The molecule has 0 aromatic heterocycles. The van der Waals surface area contributed by atoms with Gasteiger partial charge in [-0.2, -0.15) is 0 Å². The maximum atomic E-state index is 14.2. The minimum Gasteiger partial charge on any atom is -0.481 e. The molecule has 2 unspecified atom stereocenters. The minimum atomic E-state index is -1.18. The zero-order valence-corrected chi connectivity index (χ0v) is 20.1. The third kappa shape index (κ3) is 3.75. The van der Waals surface area contributed by atoms with E-state index in [2.05, 4.69) is 27.4 Å². The number of rotatable bonds is 8. The second-order valence-electron chi connectivity index (χ2n) is 11.5. The van der Waals surface area contributed by atoms with Gasteiger partial charge in [0, 0.05) is 12.1 Å². The van der Waals surface area contributed by atoms with Gasteiger partial charge in [-0.1, -0.05) is 26.8 Å². The van der Waals surface area contributed by atoms with E-state index < -0.39 is 53.0 Å². The third-order valence-electron chi connectivity index (χ3n) is 7.27. The van der Waals surface area contributed by atoms with Crippen LogP contribution in [0.25, 0.3) is 0 Å². The van der Waals surface area contributed by atoms with E-state index in [1.807, 2.05) is 13.8 Å². The van der Waals surface area contributed by atoms with Crippen LogP contribution in [0.3, 0.4) is 0 Å². The van der Waals surface area contributed by atoms with Crippen LogP contribution in [-0.2, 0) is 19.1 Å². The molecular weight excluding hydrogens is 412 g/mol. The fourth-order valence-electron chi connectivity index (χ4n) is 6.52. The summed E-state index contributed by atoms with van der Waals surface area (Å²) in [6.07, 6.45) is 2.76. The summed E-state index contributed by atoms with van der Waals surface area (Å²) >= 11 is 0. The standard InChI is InChI=1S/C24H38N2O6/c1-8-11-25(23(6,7)13-22(3,4)5)20(29)18-24-10-9-15(32-24)16(21(30)31)17(24)19(28)26(18)14(2)12-27/h8,14-18,27H,1,9-13H2,2-7H3,(H,30,31)/t14-,15-,16+,17+,18?,24?/m1/s1. The molecule has 0 radical (unpaired) electrons. The van der Waals surface area contributed by atoms with Crippen molar-refractivity contribution in [2.75, 3.05) is 13.2 Å². The number of carboxylic acid groups (broad SMARTS) is 1. The zero-order chi connectivity index (χ0) is 24.2. The molecule has 3 aliphatic rings. The van der Waals surface area contributed by atoms with Crippen molar-refractivity contribution in [2.24, 2.45) is 17.3 Å². The molecule has 1 spiro atoms. The van der Waals surface area contributed by atoms with Crippen LogP contribution >= 0.6 is 0 Å². The first-order valence-corrected chi connectivity index (χ1v) is 11.5. The quantitative estimate of drug-likeness (QED) is 0.548. The van der Waals surface area contributed by atoms with Crippen LogP contribution < -0.4 is 0 Å². The highest BCUT2D eigenvalue weighted by atomic mass is 16.5. The lowest BCUT2D eigenvalue weighted by molar-refractivity contribution is -0.156. The Morgan fingerprint density at radius 3 is 2.47 bits per heavy atom. The zero-order valence-electron chi connectivity index (χ0n) is 20.1. The first-order valence-electron chi connectivity index (χ1n) is 11.5. The lowest BCUT2D eigenvalue weighted by atomic mass is 9.70. The van der Waals surface area contributed by atoms with Crippen LogP contribution in [0.1, 0.15) is 60.8 Å². The Labute approximate surface area is 190 Å². The molecular formula is C24H38N2O6. The van der Waals surface area contributed by atoms with E-state index in [9.17, 15) is 24.6 Å². The van der Waals surface area contributed by atoms with Crippen LogP contribution in [0.4, 0.5) is 0 Å². The summed E-state index contributed by atoms with van der Waals surface area (Å²) in [5, 5.41) is 19.7. The number of aliphatic hydroxyl groups is 1. The van der Waals surface area contributed by atoms with E-state index in [1.54, 1.807) is 17.9 Å². The monoisotopic (exact) mass is 450 g/mol. The highest BCUT2D eigenvalue weighted by molar-refractivity contribution is 5.98. The van der Waals surface area contributed by atoms with Gasteiger partial charge in [0.15, 0.2) is 0 Å². The highest BCUT2D eigenvalue weighted by Gasteiger charge is 2.75. The fraction of sp³-hybridized carbons (Fsp3) is 0.792. The molecule has 0 aromatic rings.